The molecule has 1 nitrogen and oxygen atoms in total. The van der Waals surface area contributed by atoms with Gasteiger partial charge in [0.05, 0.1) is 11.9 Å². The molecule has 0 aromatic rings. The van der Waals surface area contributed by atoms with Crippen molar-refractivity contribution in [3.63, 3.8) is 0 Å². The number of rotatable bonds is 2. The van der Waals surface area contributed by atoms with Gasteiger partial charge in [-0.25, -0.2) is 0 Å². The first-order chi connectivity index (χ1) is 4.79. The van der Waals surface area contributed by atoms with Crippen LogP contribution in [0.15, 0.2) is 24.0 Å². The first-order valence-electron chi connectivity index (χ1n) is 3.81. The molecule has 0 aromatic heterocycles. The van der Waals surface area contributed by atoms with E-state index in [0.717, 1.165) is 18.6 Å². The fourth-order valence-corrected chi connectivity index (χ4v) is 0.981. The predicted octanol–water partition coefficient (Wildman–Crippen LogP) is 2.65. The van der Waals surface area contributed by atoms with E-state index in [1.165, 1.54) is 0 Å². The Balaban J connectivity index is 2.39. The minimum atomic E-state index is 0.317. The van der Waals surface area contributed by atoms with Gasteiger partial charge in [-0.3, -0.25) is 0 Å². The van der Waals surface area contributed by atoms with Crippen molar-refractivity contribution in [3.8, 4) is 0 Å². The summed E-state index contributed by atoms with van der Waals surface area (Å²) in [5.74, 6) is 1.12. The minimum absolute atomic E-state index is 0.317. The second-order valence-electron chi connectivity index (χ2n) is 2.77. The van der Waals surface area contributed by atoms with E-state index in [-0.39, 0.29) is 0 Å². The molecule has 10 heavy (non-hydrogen) atoms. The second-order valence-corrected chi connectivity index (χ2v) is 2.77. The zero-order chi connectivity index (χ0) is 7.40. The molecule has 0 aromatic carbocycles. The topological polar surface area (TPSA) is 9.23 Å². The maximum atomic E-state index is 5.50. The smallest absolute Gasteiger partial charge is 0.0966 e. The highest BCUT2D eigenvalue weighted by molar-refractivity contribution is 5.12. The Bertz CT molecular complexity index is 154. The van der Waals surface area contributed by atoms with Gasteiger partial charge >= 0.3 is 0 Å². The zero-order valence-electron chi connectivity index (χ0n) is 6.63. The maximum Gasteiger partial charge on any atom is 0.0966 e. The second kappa shape index (κ2) is 3.45. The van der Waals surface area contributed by atoms with Crippen molar-refractivity contribution in [2.45, 2.75) is 32.8 Å². The van der Waals surface area contributed by atoms with Gasteiger partial charge in [-0.15, -0.1) is 0 Å². The largest absolute Gasteiger partial charge is 0.495 e. The molecule has 0 amide bonds. The molecule has 0 unspecified atom stereocenters. The van der Waals surface area contributed by atoms with Crippen LogP contribution >= 0.6 is 0 Å². The van der Waals surface area contributed by atoms with Crippen molar-refractivity contribution in [1.29, 1.82) is 0 Å². The van der Waals surface area contributed by atoms with E-state index in [1.54, 1.807) is 0 Å². The van der Waals surface area contributed by atoms with Crippen LogP contribution < -0.4 is 0 Å². The lowest BCUT2D eigenvalue weighted by Crippen LogP contribution is -2.02. The van der Waals surface area contributed by atoms with Gasteiger partial charge in [0.25, 0.3) is 0 Å². The lowest BCUT2D eigenvalue weighted by Gasteiger charge is -2.14. The summed E-state index contributed by atoms with van der Waals surface area (Å²) in [5.41, 5.74) is 0. The van der Waals surface area contributed by atoms with Crippen LogP contribution in [0.1, 0.15) is 26.7 Å². The van der Waals surface area contributed by atoms with Crippen LogP contribution in [0.2, 0.25) is 0 Å². The van der Waals surface area contributed by atoms with Crippen molar-refractivity contribution >= 4 is 0 Å². The summed E-state index contributed by atoms with van der Waals surface area (Å²) in [4.78, 5) is 0. The van der Waals surface area contributed by atoms with Crippen molar-refractivity contribution in [2.75, 3.05) is 0 Å². The average molecular weight is 138 g/mol. The molecule has 0 saturated heterocycles. The molecular formula is C9H14O. The van der Waals surface area contributed by atoms with Gasteiger partial charge in [-0.1, -0.05) is 12.2 Å². The van der Waals surface area contributed by atoms with Crippen LogP contribution in [0.3, 0.4) is 0 Å². The Kier molecular flexibility index (Phi) is 2.55. The number of ether oxygens (including phenoxy) is 1. The SMILES string of the molecule is CC(C)OC1=CC=CCC1. The van der Waals surface area contributed by atoms with E-state index in [4.69, 9.17) is 4.74 Å². The molecule has 0 spiro atoms. The Labute approximate surface area is 62.4 Å². The lowest BCUT2D eigenvalue weighted by molar-refractivity contribution is 0.139. The summed E-state index contributed by atoms with van der Waals surface area (Å²) < 4.78 is 5.50. The zero-order valence-corrected chi connectivity index (χ0v) is 6.63. The molecule has 0 fully saturated rings. The lowest BCUT2D eigenvalue weighted by atomic mass is 10.2. The molecule has 1 heteroatoms. The highest BCUT2D eigenvalue weighted by Gasteiger charge is 2.01. The predicted molar refractivity (Wildman–Crippen MR) is 42.7 cm³/mol. The Hall–Kier alpha value is -0.720. The molecule has 0 atom stereocenters. The molecule has 0 bridgehead atoms. The van der Waals surface area contributed by atoms with E-state index >= 15 is 0 Å². The quantitative estimate of drug-likeness (QED) is 0.570. The van der Waals surface area contributed by atoms with Crippen LogP contribution in [0.5, 0.6) is 0 Å². The van der Waals surface area contributed by atoms with E-state index in [9.17, 15) is 0 Å². The van der Waals surface area contributed by atoms with Crippen LogP contribution in [-0.2, 0) is 4.74 Å². The van der Waals surface area contributed by atoms with E-state index in [0.29, 0.717) is 6.10 Å². The standard InChI is InChI=1S/C9H14O/c1-8(2)10-9-6-4-3-5-7-9/h3-4,6,8H,5,7H2,1-2H3. The van der Waals surface area contributed by atoms with Gasteiger partial charge in [0.1, 0.15) is 0 Å². The Morgan fingerprint density at radius 1 is 1.50 bits per heavy atom. The molecule has 1 aliphatic rings. The first kappa shape index (κ1) is 7.39. The maximum absolute atomic E-state index is 5.50. The summed E-state index contributed by atoms with van der Waals surface area (Å²) in [6, 6.07) is 0. The van der Waals surface area contributed by atoms with Gasteiger partial charge in [0, 0.05) is 6.42 Å². The third kappa shape index (κ3) is 2.26. The summed E-state index contributed by atoms with van der Waals surface area (Å²) >= 11 is 0. The van der Waals surface area contributed by atoms with Crippen molar-refractivity contribution in [1.82, 2.24) is 0 Å². The summed E-state index contributed by atoms with van der Waals surface area (Å²) in [6.07, 6.45) is 8.77. The molecule has 0 N–H and O–H groups in total. The van der Waals surface area contributed by atoms with Gasteiger partial charge in [-0.2, -0.15) is 0 Å². The summed E-state index contributed by atoms with van der Waals surface area (Å²) in [7, 11) is 0. The highest BCUT2D eigenvalue weighted by Crippen LogP contribution is 2.14. The highest BCUT2D eigenvalue weighted by atomic mass is 16.5. The number of hydrogen-bond donors (Lipinski definition) is 0. The van der Waals surface area contributed by atoms with Gasteiger partial charge in [-0.05, 0) is 26.3 Å². The Morgan fingerprint density at radius 3 is 2.80 bits per heavy atom. The fourth-order valence-electron chi connectivity index (χ4n) is 0.981. The number of allylic oxidation sites excluding steroid dienone is 4. The fraction of sp³-hybridized carbons (Fsp3) is 0.556. The first-order valence-corrected chi connectivity index (χ1v) is 3.81. The van der Waals surface area contributed by atoms with Gasteiger partial charge in [0.15, 0.2) is 0 Å². The van der Waals surface area contributed by atoms with Crippen LogP contribution in [0.25, 0.3) is 0 Å². The van der Waals surface area contributed by atoms with Gasteiger partial charge < -0.3 is 4.74 Å². The molecule has 1 aliphatic carbocycles. The van der Waals surface area contributed by atoms with E-state index in [2.05, 4.69) is 26.0 Å². The molecule has 0 radical (unpaired) electrons. The molecule has 0 aliphatic heterocycles. The molecular weight excluding hydrogens is 124 g/mol. The third-order valence-electron chi connectivity index (χ3n) is 1.36. The van der Waals surface area contributed by atoms with Crippen LogP contribution in [-0.4, -0.2) is 6.10 Å². The molecule has 0 saturated carbocycles. The summed E-state index contributed by atoms with van der Waals surface area (Å²) in [6.45, 7) is 4.11. The van der Waals surface area contributed by atoms with Crippen LogP contribution in [0.4, 0.5) is 0 Å². The normalized spacial score (nSPS) is 17.3. The van der Waals surface area contributed by atoms with Crippen molar-refractivity contribution in [3.05, 3.63) is 24.0 Å². The van der Waals surface area contributed by atoms with E-state index < -0.39 is 0 Å². The van der Waals surface area contributed by atoms with E-state index in [1.807, 2.05) is 6.08 Å². The number of hydrogen-bond acceptors (Lipinski definition) is 1. The Morgan fingerprint density at radius 2 is 2.30 bits per heavy atom. The molecule has 0 heterocycles. The van der Waals surface area contributed by atoms with Gasteiger partial charge in [0.2, 0.25) is 0 Å². The summed E-state index contributed by atoms with van der Waals surface area (Å²) in [5, 5.41) is 0. The average Bonchev–Trinajstić information content (AvgIpc) is 1.88. The van der Waals surface area contributed by atoms with Crippen LogP contribution in [0, 0.1) is 0 Å². The van der Waals surface area contributed by atoms with Crippen molar-refractivity contribution in [2.24, 2.45) is 0 Å². The molecule has 1 rings (SSSR count). The molecule has 56 valence electrons. The van der Waals surface area contributed by atoms with Crippen molar-refractivity contribution < 1.29 is 4.74 Å². The monoisotopic (exact) mass is 138 g/mol. The minimum Gasteiger partial charge on any atom is -0.495 e. The third-order valence-corrected chi connectivity index (χ3v) is 1.36.